The first-order valence-electron chi connectivity index (χ1n) is 12.8. The maximum absolute atomic E-state index is 13.7. The molecule has 0 radical (unpaired) electrons. The molecule has 0 unspecified atom stereocenters. The molecule has 0 saturated heterocycles. The van der Waals surface area contributed by atoms with Crippen molar-refractivity contribution in [3.63, 3.8) is 0 Å². The Bertz CT molecular complexity index is 1710. The minimum atomic E-state index is -4.13. The fraction of sp³-hybridized carbons (Fsp3) is 0.333. The summed E-state index contributed by atoms with van der Waals surface area (Å²) in [6, 6.07) is 10.2. The highest BCUT2D eigenvalue weighted by Crippen LogP contribution is 2.38. The minimum absolute atomic E-state index is 0.116. The Balaban J connectivity index is 1.66. The van der Waals surface area contributed by atoms with Gasteiger partial charge in [0.1, 0.15) is 18.1 Å². The van der Waals surface area contributed by atoms with E-state index in [2.05, 4.69) is 10.4 Å². The van der Waals surface area contributed by atoms with Gasteiger partial charge in [0.2, 0.25) is 10.0 Å². The van der Waals surface area contributed by atoms with Gasteiger partial charge in [0.25, 0.3) is 11.8 Å². The van der Waals surface area contributed by atoms with Crippen molar-refractivity contribution >= 4 is 44.3 Å². The second kappa shape index (κ2) is 12.5. The van der Waals surface area contributed by atoms with E-state index in [1.54, 1.807) is 39.0 Å². The summed E-state index contributed by atoms with van der Waals surface area (Å²) in [6.45, 7) is 5.00. The lowest BCUT2D eigenvalue weighted by Crippen LogP contribution is -2.36. The number of rotatable bonds is 8. The highest BCUT2D eigenvalue weighted by atomic mass is 32.2. The molecule has 1 N–H and O–H groups in total. The van der Waals surface area contributed by atoms with Gasteiger partial charge in [0.05, 0.1) is 41.4 Å². The number of hydrogen-bond acceptors (Lipinski definition) is 10. The van der Waals surface area contributed by atoms with Gasteiger partial charge in [-0.15, -0.1) is 11.3 Å². The number of ether oxygens (including phenoxy) is 1. The van der Waals surface area contributed by atoms with Crippen LogP contribution in [0.3, 0.4) is 0 Å². The Morgan fingerprint density at radius 1 is 1.14 bits per heavy atom. The summed E-state index contributed by atoms with van der Waals surface area (Å²) in [5.41, 5.74) is 2.38. The summed E-state index contributed by atoms with van der Waals surface area (Å²) in [4.78, 5) is 41.5. The van der Waals surface area contributed by atoms with Gasteiger partial charge >= 0.3 is 6.09 Å². The first kappa shape index (κ1) is 30.4. The van der Waals surface area contributed by atoms with Crippen LogP contribution in [-0.4, -0.2) is 71.6 Å². The van der Waals surface area contributed by atoms with Crippen LogP contribution in [0.5, 0.6) is 0 Å². The zero-order valence-corrected chi connectivity index (χ0v) is 24.7. The van der Waals surface area contributed by atoms with E-state index in [-0.39, 0.29) is 34.2 Å². The Morgan fingerprint density at radius 3 is 2.38 bits per heavy atom. The predicted molar refractivity (Wildman–Crippen MR) is 151 cm³/mol. The number of aryl methyl sites for hydroxylation is 2. The number of amides is 2. The lowest BCUT2D eigenvalue weighted by atomic mass is 10.0. The number of nitrogens with zero attached hydrogens (tertiary/aromatic N) is 6. The van der Waals surface area contributed by atoms with E-state index in [4.69, 9.17) is 15.3 Å². The molecular weight excluding hydrogens is 582 g/mol. The van der Waals surface area contributed by atoms with Gasteiger partial charge in [-0.25, -0.2) is 17.9 Å². The summed E-state index contributed by atoms with van der Waals surface area (Å²) in [7, 11) is -4.13. The van der Waals surface area contributed by atoms with E-state index in [1.807, 2.05) is 0 Å². The van der Waals surface area contributed by atoms with Crippen molar-refractivity contribution in [1.29, 1.82) is 10.5 Å². The zero-order chi connectivity index (χ0) is 30.6. The molecule has 2 aromatic heterocycles. The standard InChI is InChI=1S/C27H27N7O6S2/c1-4-40-27(37)32-12-9-21-22(16-32)41-25(23(21)26(36)34-18(3)15-17(2)31-34)30-24(35)19-5-7-20(8-6-19)42(38,39)33(13-10-28)14-11-29/h5-8,15H,4,9,12-14,16H2,1-3H3,(H,30,35). The van der Waals surface area contributed by atoms with Crippen LogP contribution in [-0.2, 0) is 27.7 Å². The van der Waals surface area contributed by atoms with Crippen LogP contribution in [0.15, 0.2) is 35.2 Å². The second-order valence-electron chi connectivity index (χ2n) is 9.29. The van der Waals surface area contributed by atoms with Crippen LogP contribution in [0, 0.1) is 36.5 Å². The van der Waals surface area contributed by atoms with Crippen LogP contribution in [0.25, 0.3) is 0 Å². The van der Waals surface area contributed by atoms with E-state index in [0.717, 1.165) is 9.18 Å². The van der Waals surface area contributed by atoms with Gasteiger partial charge in [-0.1, -0.05) is 0 Å². The quantitative estimate of drug-likeness (QED) is 0.376. The van der Waals surface area contributed by atoms with E-state index in [9.17, 15) is 22.8 Å². The lowest BCUT2D eigenvalue weighted by molar-refractivity contribution is 0.0941. The smallest absolute Gasteiger partial charge is 0.410 e. The van der Waals surface area contributed by atoms with Crippen molar-refractivity contribution in [3.05, 3.63) is 63.3 Å². The first-order chi connectivity index (χ1) is 20.0. The summed E-state index contributed by atoms with van der Waals surface area (Å²) >= 11 is 1.17. The first-order valence-corrected chi connectivity index (χ1v) is 15.1. The number of hydrogen-bond donors (Lipinski definition) is 1. The molecule has 42 heavy (non-hydrogen) atoms. The number of aromatic nitrogens is 2. The van der Waals surface area contributed by atoms with Crippen LogP contribution < -0.4 is 5.32 Å². The fourth-order valence-corrected chi connectivity index (χ4v) is 7.00. The number of nitriles is 2. The van der Waals surface area contributed by atoms with E-state index in [0.29, 0.717) is 29.9 Å². The van der Waals surface area contributed by atoms with Gasteiger partial charge in [0, 0.05) is 22.7 Å². The molecule has 3 heterocycles. The van der Waals surface area contributed by atoms with E-state index in [1.165, 1.54) is 45.2 Å². The van der Waals surface area contributed by atoms with Crippen LogP contribution >= 0.6 is 11.3 Å². The molecule has 0 spiro atoms. The van der Waals surface area contributed by atoms with Gasteiger partial charge in [-0.05, 0) is 63.1 Å². The van der Waals surface area contributed by atoms with Gasteiger partial charge in [0.15, 0.2) is 0 Å². The summed E-state index contributed by atoms with van der Waals surface area (Å²) in [6.07, 6.45) is -0.0956. The van der Waals surface area contributed by atoms with Crippen molar-refractivity contribution in [3.8, 4) is 12.1 Å². The molecule has 3 aromatic rings. The van der Waals surface area contributed by atoms with Crippen LogP contribution in [0.4, 0.5) is 9.80 Å². The Labute approximate surface area is 246 Å². The molecule has 2 amide bonds. The van der Waals surface area contributed by atoms with Crippen LogP contribution in [0.2, 0.25) is 0 Å². The number of benzene rings is 1. The molecule has 0 atom stereocenters. The van der Waals surface area contributed by atoms with Gasteiger partial charge in [-0.2, -0.15) is 19.9 Å². The number of anilines is 1. The highest BCUT2D eigenvalue weighted by Gasteiger charge is 2.32. The number of sulfonamides is 1. The third-order valence-corrected chi connectivity index (χ3v) is 9.41. The molecule has 0 aliphatic carbocycles. The normalized spacial score (nSPS) is 12.8. The molecule has 4 rings (SSSR count). The molecule has 13 nitrogen and oxygen atoms in total. The van der Waals surface area contributed by atoms with Crippen molar-refractivity contribution < 1.29 is 27.5 Å². The number of carbonyl (C=O) groups is 3. The van der Waals surface area contributed by atoms with Gasteiger partial charge < -0.3 is 15.0 Å². The monoisotopic (exact) mass is 609 g/mol. The van der Waals surface area contributed by atoms with Crippen LogP contribution in [0.1, 0.15) is 49.5 Å². The fourth-order valence-electron chi connectivity index (χ4n) is 4.52. The topological polar surface area (TPSA) is 178 Å². The maximum atomic E-state index is 13.7. The predicted octanol–water partition coefficient (Wildman–Crippen LogP) is 3.05. The molecule has 15 heteroatoms. The SMILES string of the molecule is CCOC(=O)N1CCc2c(sc(NC(=O)c3ccc(S(=O)(=O)N(CC#N)CC#N)cc3)c2C(=O)n2nc(C)cc2C)C1. The molecular formula is C27H27N7O6S2. The molecule has 1 aromatic carbocycles. The Hall–Kier alpha value is -4.57. The zero-order valence-electron chi connectivity index (χ0n) is 23.1. The number of nitrogens with one attached hydrogen (secondary N) is 1. The molecule has 0 saturated carbocycles. The summed E-state index contributed by atoms with van der Waals surface area (Å²) in [5, 5.41) is 25.2. The van der Waals surface area contributed by atoms with E-state index < -0.39 is 41.0 Å². The molecule has 0 bridgehead atoms. The Kier molecular flexibility index (Phi) is 9.06. The third kappa shape index (κ3) is 6.03. The molecule has 1 aliphatic heterocycles. The molecule has 218 valence electrons. The number of fused-ring (bicyclic) bond motifs is 1. The van der Waals surface area contributed by atoms with Crippen molar-refractivity contribution in [2.24, 2.45) is 0 Å². The largest absolute Gasteiger partial charge is 0.450 e. The molecule has 1 aliphatic rings. The summed E-state index contributed by atoms with van der Waals surface area (Å²) in [5.74, 6) is -1.01. The lowest BCUT2D eigenvalue weighted by Gasteiger charge is -2.26. The van der Waals surface area contributed by atoms with Gasteiger partial charge in [-0.3, -0.25) is 9.59 Å². The third-order valence-electron chi connectivity index (χ3n) is 6.47. The highest BCUT2D eigenvalue weighted by molar-refractivity contribution is 7.89. The van der Waals surface area contributed by atoms with Crippen molar-refractivity contribution in [2.45, 2.75) is 38.6 Å². The number of thiophene rings is 1. The Morgan fingerprint density at radius 2 is 1.81 bits per heavy atom. The average molecular weight is 610 g/mol. The van der Waals surface area contributed by atoms with Crippen molar-refractivity contribution in [1.82, 2.24) is 19.0 Å². The van der Waals surface area contributed by atoms with Crippen molar-refractivity contribution in [2.75, 3.05) is 31.6 Å². The average Bonchev–Trinajstić information content (AvgIpc) is 3.50. The second-order valence-corrected chi connectivity index (χ2v) is 12.3. The molecule has 0 fully saturated rings. The number of carbonyl (C=O) groups excluding carboxylic acids is 3. The minimum Gasteiger partial charge on any atom is -0.450 e. The summed E-state index contributed by atoms with van der Waals surface area (Å²) < 4.78 is 32.8. The maximum Gasteiger partial charge on any atom is 0.410 e. The van der Waals surface area contributed by atoms with E-state index >= 15 is 0 Å².